The van der Waals surface area contributed by atoms with Crippen LogP contribution in [0.2, 0.25) is 0 Å². The van der Waals surface area contributed by atoms with Crippen LogP contribution in [0.5, 0.6) is 5.75 Å². The lowest BCUT2D eigenvalue weighted by Gasteiger charge is -2.32. The Balaban J connectivity index is 2.38. The molecule has 1 fully saturated rings. The smallest absolute Gasteiger partial charge is 0.492 e. The molecule has 1 heterocycles. The van der Waals surface area contributed by atoms with Crippen LogP contribution in [0.15, 0.2) is 23.7 Å². The minimum atomic E-state index is -0.575. The molecule has 1 aromatic carbocycles. The summed E-state index contributed by atoms with van der Waals surface area (Å²) in [5.41, 5.74) is 1.12. The van der Waals surface area contributed by atoms with Gasteiger partial charge in [0.25, 0.3) is 0 Å². The van der Waals surface area contributed by atoms with Crippen LogP contribution in [-0.2, 0) is 14.1 Å². The number of methoxy groups -OCH3 is 1. The molecule has 6 nitrogen and oxygen atoms in total. The van der Waals surface area contributed by atoms with Crippen LogP contribution in [0.3, 0.4) is 0 Å². The van der Waals surface area contributed by atoms with Crippen molar-refractivity contribution in [2.24, 2.45) is 0 Å². The Bertz CT molecular complexity index is 749. The quantitative estimate of drug-likeness (QED) is 0.821. The minimum Gasteiger partial charge on any atom is -0.495 e. The molecule has 2 rings (SSSR count). The van der Waals surface area contributed by atoms with Gasteiger partial charge in [0.1, 0.15) is 11.8 Å². The highest BCUT2D eigenvalue weighted by Crippen LogP contribution is 2.38. The van der Waals surface area contributed by atoms with Crippen LogP contribution < -0.4 is 10.1 Å². The van der Waals surface area contributed by atoms with Crippen LogP contribution in [0.25, 0.3) is 6.08 Å². The lowest BCUT2D eigenvalue weighted by molar-refractivity contribution is -0.118. The number of carbonyl (C=O) groups is 1. The molecule has 0 unspecified atom stereocenters. The van der Waals surface area contributed by atoms with Gasteiger partial charge in [-0.15, -0.1) is 0 Å². The van der Waals surface area contributed by atoms with E-state index in [1.54, 1.807) is 12.1 Å². The first kappa shape index (κ1) is 20.0. The molecule has 0 bridgehead atoms. The molecule has 0 aromatic heterocycles. The van der Waals surface area contributed by atoms with E-state index < -0.39 is 18.3 Å². The second-order valence-corrected chi connectivity index (χ2v) is 7.29. The van der Waals surface area contributed by atoms with Crippen molar-refractivity contribution in [2.45, 2.75) is 45.8 Å². The van der Waals surface area contributed by atoms with Crippen LogP contribution >= 0.6 is 0 Å². The van der Waals surface area contributed by atoms with Crippen molar-refractivity contribution in [3.05, 3.63) is 34.8 Å². The first-order valence-corrected chi connectivity index (χ1v) is 8.48. The van der Waals surface area contributed by atoms with E-state index >= 15 is 0 Å². The first-order chi connectivity index (χ1) is 12.1. The van der Waals surface area contributed by atoms with Crippen LogP contribution in [0.1, 0.15) is 45.7 Å². The molecule has 0 atom stereocenters. The second kappa shape index (κ2) is 7.52. The molecular formula is C19H25BN2O4. The van der Waals surface area contributed by atoms with Gasteiger partial charge in [0, 0.05) is 13.5 Å². The van der Waals surface area contributed by atoms with E-state index in [2.05, 4.69) is 11.4 Å². The Kier molecular flexibility index (Phi) is 5.79. The molecule has 26 heavy (non-hydrogen) atoms. The summed E-state index contributed by atoms with van der Waals surface area (Å²) in [5, 5.41) is 11.9. The Morgan fingerprint density at radius 1 is 1.31 bits per heavy atom. The van der Waals surface area contributed by atoms with Gasteiger partial charge in [-0.25, -0.2) is 0 Å². The zero-order chi connectivity index (χ0) is 19.5. The van der Waals surface area contributed by atoms with Gasteiger partial charge in [0.15, 0.2) is 0 Å². The molecule has 0 saturated carbocycles. The molecule has 1 aliphatic rings. The highest BCUT2D eigenvalue weighted by atomic mass is 16.7. The Hall–Kier alpha value is -2.30. The van der Waals surface area contributed by atoms with Crippen molar-refractivity contribution in [1.82, 2.24) is 5.32 Å². The van der Waals surface area contributed by atoms with Gasteiger partial charge in [0.2, 0.25) is 5.91 Å². The molecule has 1 aromatic rings. The number of nitrogens with one attached hydrogen (secondary N) is 1. The van der Waals surface area contributed by atoms with E-state index in [1.807, 2.05) is 39.8 Å². The fourth-order valence-corrected chi connectivity index (χ4v) is 2.53. The normalized spacial score (nSPS) is 18.3. The van der Waals surface area contributed by atoms with Gasteiger partial charge in [-0.2, -0.15) is 5.26 Å². The van der Waals surface area contributed by atoms with Crippen molar-refractivity contribution in [3.8, 4) is 11.8 Å². The van der Waals surface area contributed by atoms with Gasteiger partial charge in [0.05, 0.1) is 23.9 Å². The molecule has 1 aliphatic heterocycles. The van der Waals surface area contributed by atoms with Gasteiger partial charge >= 0.3 is 7.12 Å². The number of hydrogen-bond donors (Lipinski definition) is 1. The van der Waals surface area contributed by atoms with Gasteiger partial charge in [-0.1, -0.05) is 12.1 Å². The summed E-state index contributed by atoms with van der Waals surface area (Å²) in [6, 6.07) is 7.39. The molecular weight excluding hydrogens is 331 g/mol. The largest absolute Gasteiger partial charge is 0.495 e. The number of rotatable bonds is 5. The zero-order valence-corrected chi connectivity index (χ0v) is 16.2. The number of hydrogen-bond acceptors (Lipinski definition) is 5. The molecule has 138 valence electrons. The second-order valence-electron chi connectivity index (χ2n) is 7.29. The predicted molar refractivity (Wildman–Crippen MR) is 100 cm³/mol. The Morgan fingerprint density at radius 2 is 1.92 bits per heavy atom. The summed E-state index contributed by atoms with van der Waals surface area (Å²) in [6.45, 7) is 9.68. The summed E-state index contributed by atoms with van der Waals surface area (Å²) in [6.07, 6.45) is 1.89. The number of amides is 1. The van der Waals surface area contributed by atoms with Crippen molar-refractivity contribution < 1.29 is 18.8 Å². The topological polar surface area (TPSA) is 80.6 Å². The maximum absolute atomic E-state index is 11.4. The zero-order valence-electron chi connectivity index (χ0n) is 16.2. The van der Waals surface area contributed by atoms with Gasteiger partial charge < -0.3 is 19.4 Å². The monoisotopic (exact) mass is 356 g/mol. The fraction of sp³-hybridized carbons (Fsp3) is 0.474. The standard InChI is InChI=1S/C19H25BN2O4/c1-13(23)22-12-16(20-25-18(2,3)19(4,5)26-20)9-14-7-8-15(11-21)17(10-14)24-6/h7-10H,12H2,1-6H3,(H,22,23). The SMILES string of the molecule is COc1cc(C=C(CNC(C)=O)B2OC(C)(C)C(C)(C)O2)ccc1C#N. The van der Waals surface area contributed by atoms with E-state index in [4.69, 9.17) is 19.3 Å². The van der Waals surface area contributed by atoms with Crippen molar-refractivity contribution in [1.29, 1.82) is 5.26 Å². The third kappa shape index (κ3) is 4.27. The summed E-state index contributed by atoms with van der Waals surface area (Å²) >= 11 is 0. The van der Waals surface area contributed by atoms with Gasteiger partial charge in [-0.05, 0) is 50.9 Å². The lowest BCUT2D eigenvalue weighted by atomic mass is 9.77. The number of nitriles is 1. The highest BCUT2D eigenvalue weighted by Gasteiger charge is 2.52. The fourth-order valence-electron chi connectivity index (χ4n) is 2.53. The number of ether oxygens (including phenoxy) is 1. The molecule has 1 amide bonds. The number of carbonyl (C=O) groups excluding carboxylic acids is 1. The summed E-state index contributed by atoms with van der Waals surface area (Å²) in [5.74, 6) is 0.360. The third-order valence-electron chi connectivity index (χ3n) is 4.80. The van der Waals surface area contributed by atoms with E-state index in [9.17, 15) is 4.79 Å². The minimum absolute atomic E-state index is 0.134. The molecule has 0 aliphatic carbocycles. The molecule has 0 spiro atoms. The van der Waals surface area contributed by atoms with Crippen LogP contribution in [-0.4, -0.2) is 37.9 Å². The third-order valence-corrected chi connectivity index (χ3v) is 4.80. The Morgan fingerprint density at radius 3 is 2.42 bits per heavy atom. The molecule has 1 N–H and O–H groups in total. The average Bonchev–Trinajstić information content (AvgIpc) is 2.78. The van der Waals surface area contributed by atoms with E-state index in [1.165, 1.54) is 14.0 Å². The molecule has 0 radical (unpaired) electrons. The van der Waals surface area contributed by atoms with Gasteiger partial charge in [-0.3, -0.25) is 4.79 Å². The summed E-state index contributed by atoms with van der Waals surface area (Å²) < 4.78 is 17.5. The van der Waals surface area contributed by atoms with Crippen molar-refractivity contribution in [2.75, 3.05) is 13.7 Å². The summed E-state index contributed by atoms with van der Waals surface area (Å²) in [7, 11) is 0.948. The maximum atomic E-state index is 11.4. The maximum Gasteiger partial charge on any atom is 0.492 e. The van der Waals surface area contributed by atoms with E-state index in [0.29, 0.717) is 17.9 Å². The molecule has 7 heteroatoms. The number of nitrogens with zero attached hydrogens (tertiary/aromatic N) is 1. The Labute approximate surface area is 155 Å². The molecule has 1 saturated heterocycles. The highest BCUT2D eigenvalue weighted by molar-refractivity contribution is 6.56. The van der Waals surface area contributed by atoms with E-state index in [0.717, 1.165) is 11.0 Å². The van der Waals surface area contributed by atoms with Crippen molar-refractivity contribution >= 4 is 19.1 Å². The lowest BCUT2D eigenvalue weighted by Crippen LogP contribution is -2.41. The average molecular weight is 356 g/mol. The summed E-state index contributed by atoms with van der Waals surface area (Å²) in [4.78, 5) is 11.4. The first-order valence-electron chi connectivity index (χ1n) is 8.48. The van der Waals surface area contributed by atoms with Crippen LogP contribution in [0.4, 0.5) is 0 Å². The number of benzene rings is 1. The van der Waals surface area contributed by atoms with Crippen molar-refractivity contribution in [3.63, 3.8) is 0 Å². The van der Waals surface area contributed by atoms with E-state index in [-0.39, 0.29) is 5.91 Å². The predicted octanol–water partition coefficient (Wildman–Crippen LogP) is 2.72. The van der Waals surface area contributed by atoms with Crippen LogP contribution in [0, 0.1) is 11.3 Å².